The molecule has 1 rings (SSSR count). The molecule has 1 atom stereocenters. The molecule has 0 saturated carbocycles. The Hall–Kier alpha value is -0.0800. The number of rotatable bonds is 11. The first-order chi connectivity index (χ1) is 7.43. The zero-order chi connectivity index (χ0) is 10.8. The Morgan fingerprint density at radius 1 is 0.800 bits per heavy atom. The predicted octanol–water partition coefficient (Wildman–Crippen LogP) is 4.11. The van der Waals surface area contributed by atoms with Gasteiger partial charge in [0.15, 0.2) is 0 Å². The molecule has 1 saturated heterocycles. The van der Waals surface area contributed by atoms with Crippen LogP contribution in [0.1, 0.15) is 71.1 Å². The Bertz CT molecular complexity index is 134. The SMILES string of the molecule is CCCCCCCCCCCCN1CO1. The zero-order valence-corrected chi connectivity index (χ0v) is 10.3. The van der Waals surface area contributed by atoms with Gasteiger partial charge in [0.1, 0.15) is 6.73 Å². The molecule has 0 aliphatic carbocycles. The van der Waals surface area contributed by atoms with Gasteiger partial charge in [-0.1, -0.05) is 64.7 Å². The topological polar surface area (TPSA) is 15.5 Å². The third-order valence-corrected chi connectivity index (χ3v) is 3.07. The molecule has 0 spiro atoms. The van der Waals surface area contributed by atoms with Crippen molar-refractivity contribution < 1.29 is 4.84 Å². The summed E-state index contributed by atoms with van der Waals surface area (Å²) in [6, 6.07) is 0. The Morgan fingerprint density at radius 3 is 1.73 bits per heavy atom. The highest BCUT2D eigenvalue weighted by Crippen LogP contribution is 2.12. The van der Waals surface area contributed by atoms with Crippen LogP contribution in [-0.2, 0) is 4.84 Å². The van der Waals surface area contributed by atoms with Crippen LogP contribution in [-0.4, -0.2) is 18.3 Å². The fourth-order valence-electron chi connectivity index (χ4n) is 1.95. The number of nitrogens with zero attached hydrogens (tertiary/aromatic N) is 1. The molecule has 1 fully saturated rings. The maximum Gasteiger partial charge on any atom is 0.144 e. The van der Waals surface area contributed by atoms with E-state index in [1.54, 1.807) is 0 Å². The lowest BCUT2D eigenvalue weighted by molar-refractivity contribution is 0.197. The molecule has 1 unspecified atom stereocenters. The minimum atomic E-state index is 0.872. The van der Waals surface area contributed by atoms with Gasteiger partial charge in [0.2, 0.25) is 0 Å². The molecular weight excluding hydrogens is 186 g/mol. The molecule has 0 bridgehead atoms. The van der Waals surface area contributed by atoms with Crippen molar-refractivity contribution in [1.82, 2.24) is 5.06 Å². The van der Waals surface area contributed by atoms with Crippen LogP contribution in [0.2, 0.25) is 0 Å². The van der Waals surface area contributed by atoms with Gasteiger partial charge in [-0.3, -0.25) is 4.84 Å². The van der Waals surface area contributed by atoms with Crippen LogP contribution in [0.5, 0.6) is 0 Å². The quantitative estimate of drug-likeness (QED) is 0.379. The highest BCUT2D eigenvalue weighted by Gasteiger charge is 2.16. The first kappa shape index (κ1) is 13.0. The van der Waals surface area contributed by atoms with E-state index in [1.165, 1.54) is 64.2 Å². The van der Waals surface area contributed by atoms with Crippen molar-refractivity contribution in [3.63, 3.8) is 0 Å². The van der Waals surface area contributed by atoms with Gasteiger partial charge in [0.25, 0.3) is 0 Å². The van der Waals surface area contributed by atoms with Crippen LogP contribution < -0.4 is 0 Å². The smallest absolute Gasteiger partial charge is 0.144 e. The van der Waals surface area contributed by atoms with Gasteiger partial charge in [0.05, 0.1) is 0 Å². The van der Waals surface area contributed by atoms with Crippen LogP contribution in [0, 0.1) is 0 Å². The zero-order valence-electron chi connectivity index (χ0n) is 10.3. The van der Waals surface area contributed by atoms with Crippen molar-refractivity contribution >= 4 is 0 Å². The first-order valence-corrected chi connectivity index (χ1v) is 6.81. The second kappa shape index (κ2) is 9.17. The van der Waals surface area contributed by atoms with Crippen LogP contribution >= 0.6 is 0 Å². The molecule has 0 aromatic carbocycles. The van der Waals surface area contributed by atoms with E-state index < -0.39 is 0 Å². The molecule has 0 aromatic rings. The van der Waals surface area contributed by atoms with Crippen molar-refractivity contribution in [3.8, 4) is 0 Å². The maximum absolute atomic E-state index is 5.02. The average molecular weight is 213 g/mol. The summed E-state index contributed by atoms with van der Waals surface area (Å²) in [6.07, 6.45) is 14.1. The summed E-state index contributed by atoms with van der Waals surface area (Å²) in [7, 11) is 0. The molecule has 0 aromatic heterocycles. The largest absolute Gasteiger partial charge is 0.279 e. The Labute approximate surface area is 94.9 Å². The number of unbranched alkanes of at least 4 members (excludes halogenated alkanes) is 9. The summed E-state index contributed by atoms with van der Waals surface area (Å²) in [5.74, 6) is 0. The van der Waals surface area contributed by atoms with Gasteiger partial charge >= 0.3 is 0 Å². The molecule has 90 valence electrons. The highest BCUT2D eigenvalue weighted by atomic mass is 16.8. The van der Waals surface area contributed by atoms with Crippen LogP contribution in [0.4, 0.5) is 0 Å². The molecule has 15 heavy (non-hydrogen) atoms. The lowest BCUT2D eigenvalue weighted by atomic mass is 10.1. The molecule has 2 heteroatoms. The first-order valence-electron chi connectivity index (χ1n) is 6.81. The van der Waals surface area contributed by atoms with Gasteiger partial charge in [-0.05, 0) is 6.42 Å². The van der Waals surface area contributed by atoms with E-state index in [2.05, 4.69) is 6.92 Å². The van der Waals surface area contributed by atoms with Gasteiger partial charge in [-0.2, -0.15) is 5.06 Å². The number of hydrogen-bond donors (Lipinski definition) is 0. The molecule has 0 radical (unpaired) electrons. The molecule has 0 N–H and O–H groups in total. The molecule has 1 aliphatic rings. The normalized spacial score (nSPS) is 19.4. The minimum absolute atomic E-state index is 0.872. The van der Waals surface area contributed by atoms with Gasteiger partial charge in [-0.15, -0.1) is 0 Å². The van der Waals surface area contributed by atoms with Crippen LogP contribution in [0.25, 0.3) is 0 Å². The second-order valence-corrected chi connectivity index (χ2v) is 4.65. The van der Waals surface area contributed by atoms with E-state index >= 15 is 0 Å². The molecular formula is C13H27NO. The van der Waals surface area contributed by atoms with E-state index in [1.807, 2.05) is 5.06 Å². The van der Waals surface area contributed by atoms with Crippen molar-refractivity contribution in [3.05, 3.63) is 0 Å². The summed E-state index contributed by atoms with van der Waals surface area (Å²) < 4.78 is 0. The summed E-state index contributed by atoms with van der Waals surface area (Å²) in [5, 5.41) is 2.03. The summed E-state index contributed by atoms with van der Waals surface area (Å²) in [5.41, 5.74) is 0. The Balaban J connectivity index is 1.62. The van der Waals surface area contributed by atoms with Crippen molar-refractivity contribution in [2.45, 2.75) is 71.1 Å². The van der Waals surface area contributed by atoms with Crippen molar-refractivity contribution in [2.24, 2.45) is 0 Å². The van der Waals surface area contributed by atoms with Gasteiger partial charge in [-0.25, -0.2) is 0 Å². The Kier molecular flexibility index (Phi) is 7.94. The number of hydrogen-bond acceptors (Lipinski definition) is 2. The summed E-state index contributed by atoms with van der Waals surface area (Å²) in [6.45, 7) is 4.30. The lowest BCUT2D eigenvalue weighted by Gasteiger charge is -2.01. The second-order valence-electron chi connectivity index (χ2n) is 4.65. The highest BCUT2D eigenvalue weighted by molar-refractivity contribution is 4.51. The number of hydroxylamine groups is 2. The van der Waals surface area contributed by atoms with E-state index in [9.17, 15) is 0 Å². The van der Waals surface area contributed by atoms with Crippen molar-refractivity contribution in [2.75, 3.05) is 13.3 Å². The summed E-state index contributed by atoms with van der Waals surface area (Å²) in [4.78, 5) is 5.02. The fourth-order valence-corrected chi connectivity index (χ4v) is 1.95. The molecule has 2 nitrogen and oxygen atoms in total. The van der Waals surface area contributed by atoms with Crippen LogP contribution in [0.15, 0.2) is 0 Å². The fraction of sp³-hybridized carbons (Fsp3) is 1.00. The monoisotopic (exact) mass is 213 g/mol. The van der Waals surface area contributed by atoms with Crippen molar-refractivity contribution in [1.29, 1.82) is 0 Å². The lowest BCUT2D eigenvalue weighted by Crippen LogP contribution is -1.97. The van der Waals surface area contributed by atoms with Crippen LogP contribution in [0.3, 0.4) is 0 Å². The predicted molar refractivity (Wildman–Crippen MR) is 64.5 cm³/mol. The van der Waals surface area contributed by atoms with E-state index in [0.29, 0.717) is 0 Å². The van der Waals surface area contributed by atoms with Gasteiger partial charge in [0, 0.05) is 6.54 Å². The van der Waals surface area contributed by atoms with E-state index in [-0.39, 0.29) is 0 Å². The average Bonchev–Trinajstić information content (AvgIpc) is 3.05. The third kappa shape index (κ3) is 8.88. The molecule has 1 heterocycles. The molecule has 1 aliphatic heterocycles. The maximum atomic E-state index is 5.02. The van der Waals surface area contributed by atoms with E-state index in [0.717, 1.165) is 13.3 Å². The van der Waals surface area contributed by atoms with Gasteiger partial charge < -0.3 is 0 Å². The Morgan fingerprint density at radius 2 is 1.27 bits per heavy atom. The third-order valence-electron chi connectivity index (χ3n) is 3.07. The molecule has 0 amide bonds. The standard InChI is InChI=1S/C13H27NO/c1-2-3-4-5-6-7-8-9-10-11-12-14-13-15-14/h2-13H2,1H3. The summed E-state index contributed by atoms with van der Waals surface area (Å²) >= 11 is 0. The van der Waals surface area contributed by atoms with E-state index in [4.69, 9.17) is 4.84 Å². The minimum Gasteiger partial charge on any atom is -0.279 e.